The van der Waals surface area contributed by atoms with Crippen LogP contribution in [0.2, 0.25) is 0 Å². The second-order valence-electron chi connectivity index (χ2n) is 4.77. The van der Waals surface area contributed by atoms with E-state index in [9.17, 15) is 5.11 Å². The Kier molecular flexibility index (Phi) is 5.35. The van der Waals surface area contributed by atoms with E-state index in [0.29, 0.717) is 0 Å². The molecule has 0 aliphatic heterocycles. The Morgan fingerprint density at radius 3 is 2.17 bits per heavy atom. The van der Waals surface area contributed by atoms with Crippen LogP contribution in [-0.2, 0) is 7.05 Å². The standard InChI is InChI=1S/C14H27N3O/c1-6-14(7-2,17(8-3)9-4)13(18)12-10-11-15-16(12)5/h10-11,13,18H,6-9H2,1-5H3. The van der Waals surface area contributed by atoms with Crippen LogP contribution in [0.15, 0.2) is 12.3 Å². The van der Waals surface area contributed by atoms with E-state index in [1.807, 2.05) is 13.1 Å². The summed E-state index contributed by atoms with van der Waals surface area (Å²) in [6, 6.07) is 1.91. The van der Waals surface area contributed by atoms with Gasteiger partial charge >= 0.3 is 0 Å². The molecular weight excluding hydrogens is 226 g/mol. The number of nitrogens with zero attached hydrogens (tertiary/aromatic N) is 3. The van der Waals surface area contributed by atoms with Gasteiger partial charge in [-0.3, -0.25) is 9.58 Å². The highest BCUT2D eigenvalue weighted by molar-refractivity contribution is 5.12. The lowest BCUT2D eigenvalue weighted by Gasteiger charge is -2.45. The van der Waals surface area contributed by atoms with Crippen LogP contribution in [0.4, 0.5) is 0 Å². The topological polar surface area (TPSA) is 41.3 Å². The van der Waals surface area contributed by atoms with Gasteiger partial charge < -0.3 is 5.11 Å². The highest BCUT2D eigenvalue weighted by Crippen LogP contribution is 2.36. The van der Waals surface area contributed by atoms with Gasteiger partial charge in [-0.15, -0.1) is 0 Å². The Bertz CT molecular complexity index is 354. The molecule has 0 aliphatic carbocycles. The normalized spacial score (nSPS) is 14.2. The van der Waals surface area contributed by atoms with E-state index < -0.39 is 6.10 Å². The molecule has 18 heavy (non-hydrogen) atoms. The summed E-state index contributed by atoms with van der Waals surface area (Å²) in [6.07, 6.45) is 3.10. The Hall–Kier alpha value is -0.870. The van der Waals surface area contributed by atoms with Crippen molar-refractivity contribution in [2.45, 2.75) is 52.2 Å². The molecule has 0 amide bonds. The number of aromatic nitrogens is 2. The molecule has 0 aliphatic rings. The maximum Gasteiger partial charge on any atom is 0.114 e. The van der Waals surface area contributed by atoms with Crippen molar-refractivity contribution in [3.05, 3.63) is 18.0 Å². The predicted molar refractivity (Wildman–Crippen MR) is 74.4 cm³/mol. The second kappa shape index (κ2) is 6.34. The number of aliphatic hydroxyl groups excluding tert-OH is 1. The molecule has 0 saturated heterocycles. The van der Waals surface area contributed by atoms with Crippen LogP contribution in [0.1, 0.15) is 52.3 Å². The van der Waals surface area contributed by atoms with Gasteiger partial charge in [0.2, 0.25) is 0 Å². The van der Waals surface area contributed by atoms with Gasteiger partial charge in [0.15, 0.2) is 0 Å². The Morgan fingerprint density at radius 1 is 1.28 bits per heavy atom. The van der Waals surface area contributed by atoms with E-state index in [1.165, 1.54) is 0 Å². The average molecular weight is 253 g/mol. The first-order chi connectivity index (χ1) is 8.57. The minimum atomic E-state index is -0.500. The van der Waals surface area contributed by atoms with Crippen molar-refractivity contribution < 1.29 is 5.11 Å². The van der Waals surface area contributed by atoms with Crippen molar-refractivity contribution >= 4 is 0 Å². The summed E-state index contributed by atoms with van der Waals surface area (Å²) in [5.41, 5.74) is 0.697. The summed E-state index contributed by atoms with van der Waals surface area (Å²) in [5.74, 6) is 0. The van der Waals surface area contributed by atoms with Crippen molar-refractivity contribution in [2.24, 2.45) is 7.05 Å². The number of likely N-dealkylation sites (N-methyl/N-ethyl adjacent to an activating group) is 1. The van der Waals surface area contributed by atoms with Crippen molar-refractivity contribution in [1.82, 2.24) is 14.7 Å². The van der Waals surface area contributed by atoms with Crippen LogP contribution in [0.5, 0.6) is 0 Å². The van der Waals surface area contributed by atoms with E-state index in [2.05, 4.69) is 37.7 Å². The molecule has 1 heterocycles. The van der Waals surface area contributed by atoms with Crippen molar-refractivity contribution in [1.29, 1.82) is 0 Å². The van der Waals surface area contributed by atoms with E-state index in [0.717, 1.165) is 31.6 Å². The summed E-state index contributed by atoms with van der Waals surface area (Å²) in [6.45, 7) is 10.5. The molecule has 4 heteroatoms. The average Bonchev–Trinajstić information content (AvgIpc) is 2.81. The molecule has 1 rings (SSSR count). The van der Waals surface area contributed by atoms with Crippen molar-refractivity contribution in [2.75, 3.05) is 13.1 Å². The molecule has 0 spiro atoms. The molecule has 0 aromatic carbocycles. The van der Waals surface area contributed by atoms with Gasteiger partial charge in [-0.05, 0) is 32.0 Å². The molecule has 4 nitrogen and oxygen atoms in total. The third kappa shape index (κ3) is 2.45. The van der Waals surface area contributed by atoms with Crippen LogP contribution in [0.3, 0.4) is 0 Å². The molecule has 1 N–H and O–H groups in total. The highest BCUT2D eigenvalue weighted by Gasteiger charge is 2.40. The lowest BCUT2D eigenvalue weighted by atomic mass is 9.82. The van der Waals surface area contributed by atoms with Crippen LogP contribution in [0, 0.1) is 0 Å². The van der Waals surface area contributed by atoms with E-state index >= 15 is 0 Å². The number of hydrogen-bond donors (Lipinski definition) is 1. The van der Waals surface area contributed by atoms with Crippen molar-refractivity contribution in [3.63, 3.8) is 0 Å². The zero-order valence-electron chi connectivity index (χ0n) is 12.3. The largest absolute Gasteiger partial charge is 0.385 e. The monoisotopic (exact) mass is 253 g/mol. The molecule has 0 saturated carbocycles. The van der Waals surface area contributed by atoms with E-state index in [1.54, 1.807) is 10.9 Å². The predicted octanol–water partition coefficient (Wildman–Crippen LogP) is 2.35. The molecule has 1 unspecified atom stereocenters. The summed E-state index contributed by atoms with van der Waals surface area (Å²) in [7, 11) is 1.89. The van der Waals surface area contributed by atoms with Crippen LogP contribution < -0.4 is 0 Å². The Balaban J connectivity index is 3.15. The summed E-state index contributed by atoms with van der Waals surface area (Å²) >= 11 is 0. The first kappa shape index (κ1) is 15.2. The number of aliphatic hydroxyl groups is 1. The molecule has 1 atom stereocenters. The molecule has 1 aromatic heterocycles. The van der Waals surface area contributed by atoms with Gasteiger partial charge in [0.05, 0.1) is 11.2 Å². The van der Waals surface area contributed by atoms with Gasteiger partial charge in [-0.1, -0.05) is 27.7 Å². The molecule has 0 bridgehead atoms. The summed E-state index contributed by atoms with van der Waals surface area (Å²) in [4.78, 5) is 2.37. The quantitative estimate of drug-likeness (QED) is 0.811. The minimum Gasteiger partial charge on any atom is -0.385 e. The van der Waals surface area contributed by atoms with E-state index in [4.69, 9.17) is 0 Å². The Labute approximate surface area is 111 Å². The SMILES string of the molecule is CCN(CC)C(CC)(CC)C(O)c1ccnn1C. The van der Waals surface area contributed by atoms with Gasteiger partial charge in [0.1, 0.15) is 6.10 Å². The fraction of sp³-hybridized carbons (Fsp3) is 0.786. The number of aryl methyl sites for hydroxylation is 1. The summed E-state index contributed by atoms with van der Waals surface area (Å²) < 4.78 is 1.77. The lowest BCUT2D eigenvalue weighted by molar-refractivity contribution is -0.0404. The highest BCUT2D eigenvalue weighted by atomic mass is 16.3. The van der Waals surface area contributed by atoms with E-state index in [-0.39, 0.29) is 5.54 Å². The van der Waals surface area contributed by atoms with Crippen molar-refractivity contribution in [3.8, 4) is 0 Å². The molecule has 0 radical (unpaired) electrons. The molecule has 1 aromatic rings. The van der Waals surface area contributed by atoms with Crippen LogP contribution in [-0.4, -0.2) is 38.4 Å². The molecule has 0 fully saturated rings. The van der Waals surface area contributed by atoms with Gasteiger partial charge in [0, 0.05) is 13.2 Å². The summed E-state index contributed by atoms with van der Waals surface area (Å²) in [5, 5.41) is 15.0. The maximum atomic E-state index is 10.8. The Morgan fingerprint density at radius 2 is 1.83 bits per heavy atom. The van der Waals surface area contributed by atoms with Gasteiger partial charge in [-0.25, -0.2) is 0 Å². The second-order valence-corrected chi connectivity index (χ2v) is 4.77. The third-order valence-electron chi connectivity index (χ3n) is 4.27. The smallest absolute Gasteiger partial charge is 0.114 e. The first-order valence-corrected chi connectivity index (χ1v) is 6.98. The first-order valence-electron chi connectivity index (χ1n) is 6.98. The lowest BCUT2D eigenvalue weighted by Crippen LogP contribution is -2.52. The van der Waals surface area contributed by atoms with Crippen LogP contribution in [0.25, 0.3) is 0 Å². The zero-order chi connectivity index (χ0) is 13.8. The number of hydrogen-bond acceptors (Lipinski definition) is 3. The molecular formula is C14H27N3O. The maximum absolute atomic E-state index is 10.8. The third-order valence-corrected chi connectivity index (χ3v) is 4.27. The van der Waals surface area contributed by atoms with Crippen LogP contribution >= 0.6 is 0 Å². The zero-order valence-corrected chi connectivity index (χ0v) is 12.3. The van der Waals surface area contributed by atoms with Gasteiger partial charge in [0.25, 0.3) is 0 Å². The number of rotatable bonds is 7. The fourth-order valence-electron chi connectivity index (χ4n) is 3.04. The fourth-order valence-corrected chi connectivity index (χ4v) is 3.04. The molecule has 104 valence electrons. The minimum absolute atomic E-state index is 0.197. The van der Waals surface area contributed by atoms with Gasteiger partial charge in [-0.2, -0.15) is 5.10 Å².